The van der Waals surface area contributed by atoms with Gasteiger partial charge in [0.15, 0.2) is 0 Å². The van der Waals surface area contributed by atoms with Crippen LogP contribution in [0, 0.1) is 0 Å². The van der Waals surface area contributed by atoms with Crippen LogP contribution < -0.4 is 10.2 Å². The molecule has 2 aromatic rings. The lowest BCUT2D eigenvalue weighted by atomic mass is 9.98. The van der Waals surface area contributed by atoms with E-state index < -0.39 is 0 Å². The molecule has 0 aliphatic rings. The molecule has 0 saturated carbocycles. The third-order valence-corrected chi connectivity index (χ3v) is 3.92. The number of hydrogen-bond acceptors (Lipinski definition) is 3. The first kappa shape index (κ1) is 16.3. The van der Waals surface area contributed by atoms with Crippen molar-refractivity contribution < 1.29 is 14.7 Å². The van der Waals surface area contributed by atoms with Crippen molar-refractivity contribution in [3.63, 3.8) is 0 Å². The molecule has 0 spiro atoms. The van der Waals surface area contributed by atoms with E-state index >= 15 is 0 Å². The Balaban J connectivity index is 1.92. The van der Waals surface area contributed by atoms with Gasteiger partial charge in [0, 0.05) is 12.0 Å². The molecule has 0 saturated heterocycles. The number of ether oxygens (including phenoxy) is 1. The fraction of sp³-hybridized carbons (Fsp3) is 0.389. The Morgan fingerprint density at radius 1 is 1.09 bits per heavy atom. The van der Waals surface area contributed by atoms with E-state index in [1.165, 1.54) is 16.3 Å². The van der Waals surface area contributed by atoms with Gasteiger partial charge in [-0.3, -0.25) is 10.0 Å². The van der Waals surface area contributed by atoms with E-state index in [-0.39, 0.29) is 5.91 Å². The van der Waals surface area contributed by atoms with Crippen LogP contribution >= 0.6 is 0 Å². The minimum atomic E-state index is -0.310. The van der Waals surface area contributed by atoms with Crippen molar-refractivity contribution >= 4 is 16.7 Å². The lowest BCUT2D eigenvalue weighted by molar-refractivity contribution is -0.129. The third kappa shape index (κ3) is 4.21. The number of unbranched alkanes of at least 4 members (excludes halogenated alkanes) is 3. The first-order valence-corrected chi connectivity index (χ1v) is 7.74. The molecule has 0 fully saturated rings. The first-order valence-electron chi connectivity index (χ1n) is 7.74. The monoisotopic (exact) mass is 301 g/mol. The Morgan fingerprint density at radius 3 is 2.64 bits per heavy atom. The van der Waals surface area contributed by atoms with Crippen LogP contribution in [0.2, 0.25) is 0 Å². The van der Waals surface area contributed by atoms with Crippen molar-refractivity contribution in [3.05, 3.63) is 42.0 Å². The molecule has 0 aromatic heterocycles. The zero-order chi connectivity index (χ0) is 15.8. The summed E-state index contributed by atoms with van der Waals surface area (Å²) < 4.78 is 5.50. The number of carbonyl (C=O) groups excluding carboxylic acids is 1. The molecule has 1 amide bonds. The SMILES string of the molecule is COc1ccc2ccccc2c1CCCCCCC(=O)NO. The zero-order valence-electron chi connectivity index (χ0n) is 13.0. The number of methoxy groups -OCH3 is 1. The number of aryl methyl sites for hydroxylation is 1. The van der Waals surface area contributed by atoms with Crippen LogP contribution in [-0.2, 0) is 11.2 Å². The van der Waals surface area contributed by atoms with Crippen LogP contribution in [0.15, 0.2) is 36.4 Å². The molecule has 4 heteroatoms. The van der Waals surface area contributed by atoms with Crippen molar-refractivity contribution in [1.29, 1.82) is 0 Å². The molecule has 2 N–H and O–H groups in total. The van der Waals surface area contributed by atoms with Crippen molar-refractivity contribution in [2.45, 2.75) is 38.5 Å². The first-order chi connectivity index (χ1) is 10.8. The molecule has 0 aliphatic carbocycles. The topological polar surface area (TPSA) is 58.6 Å². The van der Waals surface area contributed by atoms with E-state index in [2.05, 4.69) is 24.3 Å². The summed E-state index contributed by atoms with van der Waals surface area (Å²) in [5.74, 6) is 0.633. The van der Waals surface area contributed by atoms with Crippen LogP contribution in [0.25, 0.3) is 10.8 Å². The number of hydroxylamine groups is 1. The van der Waals surface area contributed by atoms with Crippen LogP contribution in [0.4, 0.5) is 0 Å². The summed E-state index contributed by atoms with van der Waals surface area (Å²) in [6.07, 6.45) is 5.26. The second kappa shape index (κ2) is 8.39. The van der Waals surface area contributed by atoms with Gasteiger partial charge in [0.1, 0.15) is 5.75 Å². The van der Waals surface area contributed by atoms with Gasteiger partial charge in [0.2, 0.25) is 5.91 Å². The van der Waals surface area contributed by atoms with Gasteiger partial charge in [-0.1, -0.05) is 43.2 Å². The highest BCUT2D eigenvalue weighted by atomic mass is 16.5. The number of nitrogens with one attached hydrogen (secondary N) is 1. The molecule has 0 heterocycles. The highest BCUT2D eigenvalue weighted by molar-refractivity contribution is 5.87. The minimum Gasteiger partial charge on any atom is -0.496 e. The second-order valence-corrected chi connectivity index (χ2v) is 5.42. The van der Waals surface area contributed by atoms with Gasteiger partial charge in [-0.2, -0.15) is 0 Å². The predicted molar refractivity (Wildman–Crippen MR) is 87.2 cm³/mol. The molecule has 118 valence electrons. The van der Waals surface area contributed by atoms with Gasteiger partial charge in [0.25, 0.3) is 0 Å². The number of amides is 1. The number of fused-ring (bicyclic) bond motifs is 1. The van der Waals surface area contributed by atoms with E-state index in [0.717, 1.165) is 37.9 Å². The molecular weight excluding hydrogens is 278 g/mol. The highest BCUT2D eigenvalue weighted by Gasteiger charge is 2.08. The number of rotatable bonds is 8. The zero-order valence-corrected chi connectivity index (χ0v) is 13.0. The normalized spacial score (nSPS) is 10.6. The molecular formula is C18H23NO3. The quantitative estimate of drug-likeness (QED) is 0.442. The lowest BCUT2D eigenvalue weighted by Gasteiger charge is -2.12. The summed E-state index contributed by atoms with van der Waals surface area (Å²) >= 11 is 0. The van der Waals surface area contributed by atoms with E-state index in [4.69, 9.17) is 9.94 Å². The lowest BCUT2D eigenvalue weighted by Crippen LogP contribution is -2.17. The largest absolute Gasteiger partial charge is 0.496 e. The summed E-state index contributed by atoms with van der Waals surface area (Å²) in [5.41, 5.74) is 2.92. The Morgan fingerprint density at radius 2 is 1.86 bits per heavy atom. The summed E-state index contributed by atoms with van der Waals surface area (Å²) in [4.78, 5) is 10.9. The molecule has 0 unspecified atom stereocenters. The van der Waals surface area contributed by atoms with Crippen molar-refractivity contribution in [2.75, 3.05) is 7.11 Å². The van der Waals surface area contributed by atoms with E-state index in [1.54, 1.807) is 12.6 Å². The van der Waals surface area contributed by atoms with Gasteiger partial charge >= 0.3 is 0 Å². The van der Waals surface area contributed by atoms with Crippen molar-refractivity contribution in [3.8, 4) is 5.75 Å². The maximum Gasteiger partial charge on any atom is 0.243 e. The van der Waals surface area contributed by atoms with Gasteiger partial charge in [-0.25, -0.2) is 5.48 Å². The van der Waals surface area contributed by atoms with Gasteiger partial charge in [-0.15, -0.1) is 0 Å². The Labute approximate surface area is 131 Å². The summed E-state index contributed by atoms with van der Waals surface area (Å²) in [6.45, 7) is 0. The molecule has 2 aromatic carbocycles. The molecule has 0 atom stereocenters. The smallest absolute Gasteiger partial charge is 0.243 e. The third-order valence-electron chi connectivity index (χ3n) is 3.92. The summed E-state index contributed by atoms with van der Waals surface area (Å²) in [7, 11) is 1.71. The standard InChI is InChI=1S/C18H23NO3/c1-22-17-13-12-14-8-6-7-9-15(14)16(17)10-4-2-3-5-11-18(20)19-21/h6-9,12-13,21H,2-5,10-11H2,1H3,(H,19,20). The van der Waals surface area contributed by atoms with Gasteiger partial charge < -0.3 is 4.74 Å². The van der Waals surface area contributed by atoms with Gasteiger partial charge in [0.05, 0.1) is 7.11 Å². The molecule has 4 nitrogen and oxygen atoms in total. The average molecular weight is 301 g/mol. The maximum atomic E-state index is 10.9. The summed E-state index contributed by atoms with van der Waals surface area (Å²) in [6, 6.07) is 12.5. The van der Waals surface area contributed by atoms with Crippen LogP contribution in [0.1, 0.15) is 37.7 Å². The average Bonchev–Trinajstić information content (AvgIpc) is 2.57. The minimum absolute atomic E-state index is 0.310. The van der Waals surface area contributed by atoms with Crippen molar-refractivity contribution in [2.24, 2.45) is 0 Å². The molecule has 0 aliphatic heterocycles. The van der Waals surface area contributed by atoms with E-state index in [9.17, 15) is 4.79 Å². The molecule has 22 heavy (non-hydrogen) atoms. The second-order valence-electron chi connectivity index (χ2n) is 5.42. The fourth-order valence-corrected chi connectivity index (χ4v) is 2.76. The number of carbonyl (C=O) groups is 1. The highest BCUT2D eigenvalue weighted by Crippen LogP contribution is 2.29. The van der Waals surface area contributed by atoms with Crippen LogP contribution in [-0.4, -0.2) is 18.2 Å². The molecule has 0 radical (unpaired) electrons. The maximum absolute atomic E-state index is 10.9. The summed E-state index contributed by atoms with van der Waals surface area (Å²) in [5, 5.41) is 10.9. The van der Waals surface area contributed by atoms with Crippen molar-refractivity contribution in [1.82, 2.24) is 5.48 Å². The molecule has 2 rings (SSSR count). The number of benzene rings is 2. The molecule has 0 bridgehead atoms. The van der Waals surface area contributed by atoms with Crippen LogP contribution in [0.5, 0.6) is 5.75 Å². The Hall–Kier alpha value is -2.07. The van der Waals surface area contributed by atoms with Gasteiger partial charge in [-0.05, 0) is 36.1 Å². The van der Waals surface area contributed by atoms with Crippen LogP contribution in [0.3, 0.4) is 0 Å². The van der Waals surface area contributed by atoms with E-state index in [0.29, 0.717) is 6.42 Å². The fourth-order valence-electron chi connectivity index (χ4n) is 2.76. The number of hydrogen-bond donors (Lipinski definition) is 2. The van der Waals surface area contributed by atoms with E-state index in [1.807, 2.05) is 12.1 Å². The Kier molecular flexibility index (Phi) is 6.22. The predicted octanol–water partition coefficient (Wildman–Crippen LogP) is 3.85. The Bertz CT molecular complexity index is 625.